The zero-order valence-corrected chi connectivity index (χ0v) is 21.1. The second-order valence-electron chi connectivity index (χ2n) is 10.2. The number of hydrogen-bond donors (Lipinski definition) is 1. The van der Waals surface area contributed by atoms with Gasteiger partial charge in [0.1, 0.15) is 5.60 Å². The summed E-state index contributed by atoms with van der Waals surface area (Å²) < 4.78 is 11.8. The van der Waals surface area contributed by atoms with Crippen molar-refractivity contribution in [2.24, 2.45) is 0 Å². The summed E-state index contributed by atoms with van der Waals surface area (Å²) in [6, 6.07) is 7.52. The molecule has 1 aromatic heterocycles. The molecule has 0 saturated carbocycles. The second kappa shape index (κ2) is 9.25. The van der Waals surface area contributed by atoms with Crippen LogP contribution in [-0.4, -0.2) is 35.1 Å². The molecule has 0 aliphatic carbocycles. The van der Waals surface area contributed by atoms with Crippen molar-refractivity contribution in [3.05, 3.63) is 63.1 Å². The zero-order chi connectivity index (χ0) is 24.6. The van der Waals surface area contributed by atoms with Crippen LogP contribution in [0.1, 0.15) is 74.6 Å². The molecule has 2 heterocycles. The average molecular weight is 473 g/mol. The molecule has 1 aliphatic rings. The molecule has 33 heavy (non-hydrogen) atoms. The molecule has 1 amide bonds. The van der Waals surface area contributed by atoms with Crippen LogP contribution in [0.25, 0.3) is 0 Å². The van der Waals surface area contributed by atoms with E-state index in [9.17, 15) is 14.4 Å². The first-order valence-corrected chi connectivity index (χ1v) is 11.9. The average Bonchev–Trinajstić information content (AvgIpc) is 3.11. The lowest BCUT2D eigenvalue weighted by molar-refractivity contribution is 0.0508. The number of esters is 1. The lowest BCUT2D eigenvalue weighted by Gasteiger charge is -2.22. The van der Waals surface area contributed by atoms with E-state index in [1.54, 1.807) is 27.0 Å². The maximum absolute atomic E-state index is 13.4. The fraction of sp³-hybridized carbons (Fsp3) is 0.480. The summed E-state index contributed by atoms with van der Waals surface area (Å²) in [5.74, 6) is -0.0912. The van der Waals surface area contributed by atoms with Crippen LogP contribution in [-0.2, 0) is 21.4 Å². The van der Waals surface area contributed by atoms with Gasteiger partial charge in [-0.1, -0.05) is 45.0 Å². The van der Waals surface area contributed by atoms with Gasteiger partial charge >= 0.3 is 12.1 Å². The number of carbonyl (C=O) groups is 2. The lowest BCUT2D eigenvalue weighted by atomic mass is 9.87. The first-order chi connectivity index (χ1) is 15.3. The summed E-state index contributed by atoms with van der Waals surface area (Å²) in [5, 5.41) is 2.78. The van der Waals surface area contributed by atoms with Gasteiger partial charge in [0, 0.05) is 16.8 Å². The monoisotopic (exact) mass is 472 g/mol. The summed E-state index contributed by atoms with van der Waals surface area (Å²) in [5.41, 5.74) is 1.95. The van der Waals surface area contributed by atoms with E-state index in [0.717, 1.165) is 5.56 Å². The first kappa shape index (κ1) is 24.9. The maximum Gasteiger partial charge on any atom is 0.408 e. The standard InChI is InChI=1S/C25H32N2O5S/c1-24(2,3)16-10-8-15(9-11-16)12-27-13-17(22(29)31-7)20-19(21(27)28)18(14-33-20)26-23(30)32-25(4,5)6/h8-11,13,18H,12,14H2,1-7H3,(H,26,30)/t18-/m0/s1. The molecule has 2 aromatic rings. The molecule has 7 nitrogen and oxygen atoms in total. The van der Waals surface area contributed by atoms with Crippen molar-refractivity contribution in [2.45, 2.75) is 70.0 Å². The van der Waals surface area contributed by atoms with Crippen molar-refractivity contribution in [3.8, 4) is 0 Å². The molecule has 3 rings (SSSR count). The number of nitrogens with zero attached hydrogens (tertiary/aromatic N) is 1. The second-order valence-corrected chi connectivity index (χ2v) is 11.2. The number of benzene rings is 1. The number of hydrogen-bond acceptors (Lipinski definition) is 6. The summed E-state index contributed by atoms with van der Waals surface area (Å²) in [6.07, 6.45) is 0.946. The van der Waals surface area contributed by atoms with Crippen LogP contribution in [0.15, 0.2) is 40.2 Å². The van der Waals surface area contributed by atoms with Crippen molar-refractivity contribution in [1.29, 1.82) is 0 Å². The number of alkyl carbamates (subject to hydrolysis) is 1. The van der Waals surface area contributed by atoms with E-state index < -0.39 is 23.7 Å². The van der Waals surface area contributed by atoms with Gasteiger partial charge in [-0.05, 0) is 37.3 Å². The SMILES string of the molecule is COC(=O)c1cn(Cc2ccc(C(C)(C)C)cc2)c(=O)c2c1SC[C@@H]2NC(=O)OC(C)(C)C. The molecule has 8 heteroatoms. The normalized spacial score (nSPS) is 15.7. The molecule has 0 radical (unpaired) electrons. The van der Waals surface area contributed by atoms with Gasteiger partial charge in [0.25, 0.3) is 5.56 Å². The Morgan fingerprint density at radius 3 is 2.30 bits per heavy atom. The van der Waals surface area contributed by atoms with Crippen LogP contribution < -0.4 is 10.9 Å². The van der Waals surface area contributed by atoms with Crippen LogP contribution >= 0.6 is 11.8 Å². The quantitative estimate of drug-likeness (QED) is 0.652. The van der Waals surface area contributed by atoms with E-state index in [1.165, 1.54) is 29.0 Å². The van der Waals surface area contributed by atoms with Gasteiger partial charge in [0.2, 0.25) is 0 Å². The van der Waals surface area contributed by atoms with E-state index in [1.807, 2.05) is 12.1 Å². The highest BCUT2D eigenvalue weighted by atomic mass is 32.2. The predicted molar refractivity (Wildman–Crippen MR) is 129 cm³/mol. The minimum atomic E-state index is -0.661. The van der Waals surface area contributed by atoms with Gasteiger partial charge in [-0.2, -0.15) is 0 Å². The van der Waals surface area contributed by atoms with Gasteiger partial charge in [0.05, 0.1) is 30.8 Å². The van der Waals surface area contributed by atoms with E-state index in [0.29, 0.717) is 28.3 Å². The minimum Gasteiger partial charge on any atom is -0.465 e. The molecule has 0 fully saturated rings. The molecule has 0 saturated heterocycles. The van der Waals surface area contributed by atoms with Crippen LogP contribution in [0.2, 0.25) is 0 Å². The Kier molecular flexibility index (Phi) is 6.98. The first-order valence-electron chi connectivity index (χ1n) is 10.9. The summed E-state index contributed by atoms with van der Waals surface area (Å²) in [4.78, 5) is 38.8. The van der Waals surface area contributed by atoms with Crippen LogP contribution in [0, 0.1) is 0 Å². The molecular formula is C25H32N2O5S. The number of carbonyl (C=O) groups excluding carboxylic acids is 2. The minimum absolute atomic E-state index is 0.0266. The molecule has 1 atom stereocenters. The van der Waals surface area contributed by atoms with Crippen LogP contribution in [0.4, 0.5) is 4.79 Å². The van der Waals surface area contributed by atoms with E-state index in [4.69, 9.17) is 9.47 Å². The number of fused-ring (bicyclic) bond motifs is 1. The van der Waals surface area contributed by atoms with E-state index in [2.05, 4.69) is 38.2 Å². The predicted octanol–water partition coefficient (Wildman–Crippen LogP) is 4.65. The number of rotatable bonds is 4. The highest BCUT2D eigenvalue weighted by Gasteiger charge is 2.34. The highest BCUT2D eigenvalue weighted by Crippen LogP contribution is 2.39. The van der Waals surface area contributed by atoms with E-state index in [-0.39, 0.29) is 11.0 Å². The van der Waals surface area contributed by atoms with Crippen molar-refractivity contribution >= 4 is 23.8 Å². The largest absolute Gasteiger partial charge is 0.465 e. The van der Waals surface area contributed by atoms with Crippen LogP contribution in [0.3, 0.4) is 0 Å². The van der Waals surface area contributed by atoms with Gasteiger partial charge in [-0.3, -0.25) is 4.79 Å². The Morgan fingerprint density at radius 2 is 1.76 bits per heavy atom. The van der Waals surface area contributed by atoms with Crippen molar-refractivity contribution in [1.82, 2.24) is 9.88 Å². The number of aromatic nitrogens is 1. The molecule has 0 unspecified atom stereocenters. The van der Waals surface area contributed by atoms with Gasteiger partial charge in [-0.15, -0.1) is 11.8 Å². The van der Waals surface area contributed by atoms with Gasteiger partial charge in [-0.25, -0.2) is 9.59 Å². The Labute approximate surface area is 198 Å². The molecule has 1 N–H and O–H groups in total. The van der Waals surface area contributed by atoms with Crippen LogP contribution in [0.5, 0.6) is 0 Å². The molecule has 1 aliphatic heterocycles. The maximum atomic E-state index is 13.4. The molecular weight excluding hydrogens is 440 g/mol. The third-order valence-corrected chi connectivity index (χ3v) is 6.51. The van der Waals surface area contributed by atoms with E-state index >= 15 is 0 Å². The third-order valence-electron chi connectivity index (χ3n) is 5.28. The Bertz CT molecular complexity index is 1110. The summed E-state index contributed by atoms with van der Waals surface area (Å²) in [6.45, 7) is 12.1. The number of nitrogens with one attached hydrogen (secondary N) is 1. The summed E-state index contributed by atoms with van der Waals surface area (Å²) >= 11 is 1.36. The Hall–Kier alpha value is -2.74. The smallest absolute Gasteiger partial charge is 0.408 e. The zero-order valence-electron chi connectivity index (χ0n) is 20.3. The molecule has 1 aromatic carbocycles. The van der Waals surface area contributed by atoms with Crippen molar-refractivity contribution in [2.75, 3.05) is 12.9 Å². The topological polar surface area (TPSA) is 86.6 Å². The Morgan fingerprint density at radius 1 is 1.12 bits per heavy atom. The van der Waals surface area contributed by atoms with Crippen molar-refractivity contribution < 1.29 is 19.1 Å². The number of methoxy groups -OCH3 is 1. The molecule has 0 bridgehead atoms. The third kappa shape index (κ3) is 5.79. The van der Waals surface area contributed by atoms with Gasteiger partial charge in [0.15, 0.2) is 0 Å². The number of ether oxygens (including phenoxy) is 2. The highest BCUT2D eigenvalue weighted by molar-refractivity contribution is 7.99. The fourth-order valence-electron chi connectivity index (χ4n) is 3.63. The summed E-state index contributed by atoms with van der Waals surface area (Å²) in [7, 11) is 1.31. The van der Waals surface area contributed by atoms with Crippen molar-refractivity contribution in [3.63, 3.8) is 0 Å². The fourth-order valence-corrected chi connectivity index (χ4v) is 4.89. The number of amides is 1. The lowest BCUT2D eigenvalue weighted by Crippen LogP contribution is -2.38. The Balaban J connectivity index is 1.98. The molecule has 0 spiro atoms. The number of thioether (sulfide) groups is 1. The number of pyridine rings is 1. The molecule has 178 valence electrons. The van der Waals surface area contributed by atoms with Gasteiger partial charge < -0.3 is 19.4 Å².